The molecule has 0 bridgehead atoms. The van der Waals surface area contributed by atoms with Crippen LogP contribution in [-0.2, 0) is 20.6 Å². The third-order valence-electron chi connectivity index (χ3n) is 4.45. The van der Waals surface area contributed by atoms with Crippen LogP contribution in [0.25, 0.3) is 0 Å². The molecule has 1 fully saturated rings. The first kappa shape index (κ1) is 18.9. The Morgan fingerprint density at radius 2 is 2.04 bits per heavy atom. The zero-order valence-electron chi connectivity index (χ0n) is 14.6. The maximum atomic E-state index is 12.6. The summed E-state index contributed by atoms with van der Waals surface area (Å²) in [6, 6.07) is 9.32. The van der Waals surface area contributed by atoms with Gasteiger partial charge in [-0.25, -0.2) is 12.7 Å². The lowest BCUT2D eigenvalue weighted by Crippen LogP contribution is -2.47. The van der Waals surface area contributed by atoms with Crippen LogP contribution >= 0.6 is 0 Å². The minimum atomic E-state index is -3.39. The molecule has 1 aliphatic heterocycles. The molecule has 1 saturated heterocycles. The van der Waals surface area contributed by atoms with E-state index in [4.69, 9.17) is 0 Å². The molecule has 134 valence electrons. The molecule has 1 aliphatic rings. The van der Waals surface area contributed by atoms with E-state index in [1.54, 1.807) is 0 Å². The van der Waals surface area contributed by atoms with E-state index in [0.29, 0.717) is 13.1 Å². The van der Waals surface area contributed by atoms with Crippen molar-refractivity contribution in [3.05, 3.63) is 35.9 Å². The average molecular weight is 353 g/mol. The summed E-state index contributed by atoms with van der Waals surface area (Å²) >= 11 is 0. The van der Waals surface area contributed by atoms with E-state index < -0.39 is 10.0 Å². The van der Waals surface area contributed by atoms with Crippen LogP contribution in [0.3, 0.4) is 0 Å². The lowest BCUT2D eigenvalue weighted by Gasteiger charge is -2.32. The summed E-state index contributed by atoms with van der Waals surface area (Å²) in [5.41, 5.74) is 0.778. The third-order valence-corrected chi connectivity index (χ3v) is 6.27. The quantitative estimate of drug-likeness (QED) is 0.820. The number of nitrogens with zero attached hydrogens (tertiary/aromatic N) is 1. The fourth-order valence-corrected chi connectivity index (χ4v) is 4.76. The minimum absolute atomic E-state index is 0.00554. The number of sulfonamides is 1. The second-order valence-electron chi connectivity index (χ2n) is 6.64. The Kier molecular flexibility index (Phi) is 6.80. The van der Waals surface area contributed by atoms with Crippen LogP contribution in [0.4, 0.5) is 0 Å². The van der Waals surface area contributed by atoms with Gasteiger partial charge in [0.2, 0.25) is 15.9 Å². The van der Waals surface area contributed by atoms with Crippen molar-refractivity contribution in [3.8, 4) is 0 Å². The van der Waals surface area contributed by atoms with Gasteiger partial charge in [-0.3, -0.25) is 4.79 Å². The summed E-state index contributed by atoms with van der Waals surface area (Å²) in [5, 5.41) is 3.01. The highest BCUT2D eigenvalue weighted by atomic mass is 32.2. The molecular weight excluding hydrogens is 324 g/mol. The molecule has 24 heavy (non-hydrogen) atoms. The van der Waals surface area contributed by atoms with Gasteiger partial charge >= 0.3 is 0 Å². The molecule has 0 aliphatic carbocycles. The fraction of sp³-hybridized carbons (Fsp3) is 0.611. The molecule has 1 N–H and O–H groups in total. The predicted octanol–water partition coefficient (Wildman–Crippen LogP) is 2.53. The van der Waals surface area contributed by atoms with E-state index in [9.17, 15) is 13.2 Å². The van der Waals surface area contributed by atoms with E-state index in [1.165, 1.54) is 4.31 Å². The molecule has 2 rings (SSSR count). The van der Waals surface area contributed by atoms with Gasteiger partial charge in [0.1, 0.15) is 0 Å². The summed E-state index contributed by atoms with van der Waals surface area (Å²) < 4.78 is 26.8. The van der Waals surface area contributed by atoms with Gasteiger partial charge in [-0.2, -0.15) is 0 Å². The van der Waals surface area contributed by atoms with Crippen LogP contribution in [0, 0.1) is 5.92 Å². The molecule has 1 heterocycles. The molecule has 6 heteroatoms. The summed E-state index contributed by atoms with van der Waals surface area (Å²) in [6.07, 6.45) is 3.44. The number of carbonyl (C=O) groups is 1. The molecule has 0 saturated carbocycles. The smallest absolute Gasteiger partial charge is 0.224 e. The number of amides is 1. The van der Waals surface area contributed by atoms with Gasteiger partial charge in [-0.15, -0.1) is 0 Å². The highest BCUT2D eigenvalue weighted by Gasteiger charge is 2.32. The number of nitrogens with one attached hydrogen (secondary N) is 1. The van der Waals surface area contributed by atoms with Gasteiger partial charge in [0.25, 0.3) is 0 Å². The lowest BCUT2D eigenvalue weighted by molar-refractivity contribution is -0.126. The van der Waals surface area contributed by atoms with Crippen molar-refractivity contribution in [2.45, 2.75) is 51.3 Å². The molecule has 0 aromatic heterocycles. The maximum absolute atomic E-state index is 12.6. The third kappa shape index (κ3) is 5.31. The van der Waals surface area contributed by atoms with Crippen LogP contribution in [0.5, 0.6) is 0 Å². The fourth-order valence-electron chi connectivity index (χ4n) is 3.15. The molecule has 2 atom stereocenters. The zero-order valence-corrected chi connectivity index (χ0v) is 15.4. The van der Waals surface area contributed by atoms with Gasteiger partial charge in [-0.1, -0.05) is 43.7 Å². The number of carbonyl (C=O) groups excluding carboxylic acids is 1. The topological polar surface area (TPSA) is 66.5 Å². The summed E-state index contributed by atoms with van der Waals surface area (Å²) in [7, 11) is -3.39. The summed E-state index contributed by atoms with van der Waals surface area (Å²) in [5.74, 6) is -0.270. The zero-order chi connectivity index (χ0) is 17.6. The lowest BCUT2D eigenvalue weighted by atomic mass is 9.98. The molecule has 1 aromatic carbocycles. The highest BCUT2D eigenvalue weighted by Crippen LogP contribution is 2.22. The first-order chi connectivity index (χ1) is 11.4. The predicted molar refractivity (Wildman–Crippen MR) is 95.9 cm³/mol. The average Bonchev–Trinajstić information content (AvgIpc) is 2.55. The van der Waals surface area contributed by atoms with E-state index in [1.807, 2.05) is 37.3 Å². The van der Waals surface area contributed by atoms with E-state index in [0.717, 1.165) is 31.2 Å². The number of benzene rings is 1. The first-order valence-corrected chi connectivity index (χ1v) is 10.4. The monoisotopic (exact) mass is 352 g/mol. The summed E-state index contributed by atoms with van der Waals surface area (Å²) in [6.45, 7) is 4.87. The van der Waals surface area contributed by atoms with Gasteiger partial charge in [0, 0.05) is 19.1 Å². The molecule has 0 spiro atoms. The molecular formula is C18H28N2O3S. The highest BCUT2D eigenvalue weighted by molar-refractivity contribution is 7.88. The number of rotatable bonds is 7. The van der Waals surface area contributed by atoms with Gasteiger partial charge in [0.15, 0.2) is 0 Å². The second-order valence-corrected chi connectivity index (χ2v) is 8.61. The van der Waals surface area contributed by atoms with Crippen LogP contribution in [0.2, 0.25) is 0 Å². The van der Waals surface area contributed by atoms with Crippen molar-refractivity contribution < 1.29 is 13.2 Å². The molecule has 5 nitrogen and oxygen atoms in total. The molecule has 1 aromatic rings. The Hall–Kier alpha value is -1.40. The Morgan fingerprint density at radius 3 is 2.71 bits per heavy atom. The van der Waals surface area contributed by atoms with Crippen molar-refractivity contribution in [2.75, 3.05) is 13.1 Å². The van der Waals surface area contributed by atoms with Crippen molar-refractivity contribution >= 4 is 15.9 Å². The Bertz CT molecular complexity index is 631. The molecule has 0 radical (unpaired) electrons. The van der Waals surface area contributed by atoms with Crippen LogP contribution in [0.15, 0.2) is 30.3 Å². The van der Waals surface area contributed by atoms with Crippen molar-refractivity contribution in [1.82, 2.24) is 9.62 Å². The van der Waals surface area contributed by atoms with Crippen LogP contribution < -0.4 is 5.32 Å². The van der Waals surface area contributed by atoms with Crippen LogP contribution in [0.1, 0.15) is 45.1 Å². The van der Waals surface area contributed by atoms with Gasteiger partial charge < -0.3 is 5.32 Å². The van der Waals surface area contributed by atoms with Gasteiger partial charge in [0.05, 0.1) is 11.7 Å². The van der Waals surface area contributed by atoms with E-state index in [-0.39, 0.29) is 23.6 Å². The summed E-state index contributed by atoms with van der Waals surface area (Å²) in [4.78, 5) is 12.4. The Labute approximate surface area is 145 Å². The standard InChI is InChI=1S/C18H28N2O3S/c1-3-8-15(2)19-18(21)17-11-7-12-20(13-17)24(22,23)14-16-9-5-4-6-10-16/h4-6,9-10,15,17H,3,7-8,11-14H2,1-2H3,(H,19,21)/t15-,17+/m0/s1. The normalized spacial score (nSPS) is 20.5. The first-order valence-electron chi connectivity index (χ1n) is 8.74. The number of hydrogen-bond donors (Lipinski definition) is 1. The van der Waals surface area contributed by atoms with E-state index >= 15 is 0 Å². The largest absolute Gasteiger partial charge is 0.353 e. The van der Waals surface area contributed by atoms with Gasteiger partial charge in [-0.05, 0) is 31.7 Å². The molecule has 1 amide bonds. The Balaban J connectivity index is 1.98. The second kappa shape index (κ2) is 8.62. The SMILES string of the molecule is CCC[C@H](C)NC(=O)[C@@H]1CCCN(S(=O)(=O)Cc2ccccc2)C1. The molecule has 0 unspecified atom stereocenters. The van der Waals surface area contributed by atoms with Crippen LogP contribution in [-0.4, -0.2) is 37.8 Å². The maximum Gasteiger partial charge on any atom is 0.224 e. The Morgan fingerprint density at radius 1 is 1.33 bits per heavy atom. The number of hydrogen-bond acceptors (Lipinski definition) is 3. The van der Waals surface area contributed by atoms with E-state index in [2.05, 4.69) is 12.2 Å². The number of piperidine rings is 1. The van der Waals surface area contributed by atoms with Crippen molar-refractivity contribution in [1.29, 1.82) is 0 Å². The minimum Gasteiger partial charge on any atom is -0.353 e. The van der Waals surface area contributed by atoms with Crippen molar-refractivity contribution in [3.63, 3.8) is 0 Å². The van der Waals surface area contributed by atoms with Crippen molar-refractivity contribution in [2.24, 2.45) is 5.92 Å².